The Bertz CT molecular complexity index is 991. The number of carbonyl (C=O) groups is 1. The number of benzene rings is 2. The van der Waals surface area contributed by atoms with Gasteiger partial charge in [-0.1, -0.05) is 45.0 Å². The summed E-state index contributed by atoms with van der Waals surface area (Å²) in [6, 6.07) is 10.3. The highest BCUT2D eigenvalue weighted by atomic mass is 79.9. The van der Waals surface area contributed by atoms with Crippen molar-refractivity contribution in [3.8, 4) is 0 Å². The number of fused-ring (bicyclic) bond motifs is 1. The number of carbonyl (C=O) groups excluding carboxylic acids is 1. The van der Waals surface area contributed by atoms with Gasteiger partial charge in [0.2, 0.25) is 0 Å². The first-order chi connectivity index (χ1) is 11.3. The van der Waals surface area contributed by atoms with Crippen LogP contribution in [0.2, 0.25) is 0 Å². The lowest BCUT2D eigenvalue weighted by Gasteiger charge is -2.09. The van der Waals surface area contributed by atoms with Gasteiger partial charge in [0, 0.05) is 11.5 Å². The Kier molecular flexibility index (Phi) is 4.74. The van der Waals surface area contributed by atoms with Gasteiger partial charge >= 0.3 is 0 Å². The molecular formula is C19H19BrN2OS. The van der Waals surface area contributed by atoms with E-state index >= 15 is 0 Å². The first-order valence-corrected chi connectivity index (χ1v) is 9.35. The van der Waals surface area contributed by atoms with Gasteiger partial charge in [-0.15, -0.1) is 0 Å². The number of nitrogens with zero attached hydrogens (tertiary/aromatic N) is 2. The summed E-state index contributed by atoms with van der Waals surface area (Å²) in [5, 5.41) is 0. The average molecular weight is 403 g/mol. The molecule has 0 unspecified atom stereocenters. The van der Waals surface area contributed by atoms with Crippen molar-refractivity contribution in [1.29, 1.82) is 0 Å². The summed E-state index contributed by atoms with van der Waals surface area (Å²) in [6.07, 6.45) is 0.343. The fraction of sp³-hybridized carbons (Fsp3) is 0.263. The van der Waals surface area contributed by atoms with E-state index in [9.17, 15) is 4.79 Å². The Morgan fingerprint density at radius 1 is 1.17 bits per heavy atom. The Hall–Kier alpha value is -1.72. The van der Waals surface area contributed by atoms with Crippen LogP contribution < -0.4 is 4.80 Å². The van der Waals surface area contributed by atoms with Gasteiger partial charge in [0.15, 0.2) is 4.80 Å². The maximum atomic E-state index is 12.5. The van der Waals surface area contributed by atoms with E-state index in [0.29, 0.717) is 6.42 Å². The molecule has 0 N–H and O–H groups in total. The number of aromatic nitrogens is 1. The van der Waals surface area contributed by atoms with Gasteiger partial charge < -0.3 is 4.57 Å². The van der Waals surface area contributed by atoms with Crippen LogP contribution in [0.15, 0.2) is 39.8 Å². The van der Waals surface area contributed by atoms with E-state index in [2.05, 4.69) is 59.9 Å². The highest BCUT2D eigenvalue weighted by molar-refractivity contribution is 9.10. The maximum Gasteiger partial charge on any atom is 0.252 e. The molecule has 3 nitrogen and oxygen atoms in total. The second kappa shape index (κ2) is 6.65. The molecule has 1 heterocycles. The number of hydrogen-bond acceptors (Lipinski definition) is 2. The molecule has 0 atom stereocenters. The van der Waals surface area contributed by atoms with Crippen LogP contribution in [0.1, 0.15) is 22.3 Å². The number of aryl methyl sites for hydroxylation is 4. The van der Waals surface area contributed by atoms with Crippen molar-refractivity contribution in [2.45, 2.75) is 27.2 Å². The topological polar surface area (TPSA) is 34.4 Å². The van der Waals surface area contributed by atoms with E-state index in [0.717, 1.165) is 36.2 Å². The highest BCUT2D eigenvalue weighted by Crippen LogP contribution is 2.22. The Labute approximate surface area is 153 Å². The molecule has 0 saturated heterocycles. The number of hydrogen-bond donors (Lipinski definition) is 0. The Balaban J connectivity index is 1.97. The molecule has 0 spiro atoms. The van der Waals surface area contributed by atoms with E-state index in [1.807, 2.05) is 23.7 Å². The predicted molar refractivity (Wildman–Crippen MR) is 103 cm³/mol. The van der Waals surface area contributed by atoms with Crippen LogP contribution in [0.4, 0.5) is 0 Å². The van der Waals surface area contributed by atoms with Crippen molar-refractivity contribution < 1.29 is 4.79 Å². The number of rotatable bonds is 2. The Morgan fingerprint density at radius 2 is 1.83 bits per heavy atom. The normalized spacial score (nSPS) is 12.1. The van der Waals surface area contributed by atoms with Gasteiger partial charge in [-0.2, -0.15) is 4.99 Å². The standard InChI is InChI=1S/C19H19BrN2OS/c1-11-7-12(2)15(13(3)8-11)10-18(23)21-19-22(4)16-6-5-14(20)9-17(16)24-19/h5-9H,10H2,1-4H3. The van der Waals surface area contributed by atoms with Crippen LogP contribution in [-0.2, 0) is 18.3 Å². The van der Waals surface area contributed by atoms with Crippen LogP contribution in [0.5, 0.6) is 0 Å². The summed E-state index contributed by atoms with van der Waals surface area (Å²) < 4.78 is 4.11. The highest BCUT2D eigenvalue weighted by Gasteiger charge is 2.10. The predicted octanol–water partition coefficient (Wildman–Crippen LogP) is 4.60. The van der Waals surface area contributed by atoms with Crippen molar-refractivity contribution in [1.82, 2.24) is 4.57 Å². The van der Waals surface area contributed by atoms with Crippen molar-refractivity contribution in [3.63, 3.8) is 0 Å². The summed E-state index contributed by atoms with van der Waals surface area (Å²) in [5.74, 6) is -0.105. The molecule has 0 saturated carbocycles. The molecule has 0 aliphatic carbocycles. The molecule has 24 heavy (non-hydrogen) atoms. The zero-order valence-electron chi connectivity index (χ0n) is 14.2. The first kappa shape index (κ1) is 17.1. The zero-order valence-corrected chi connectivity index (χ0v) is 16.6. The van der Waals surface area contributed by atoms with Gasteiger partial charge in [0.1, 0.15) is 0 Å². The van der Waals surface area contributed by atoms with E-state index in [1.54, 1.807) is 0 Å². The first-order valence-electron chi connectivity index (χ1n) is 7.74. The molecule has 3 aromatic rings. The molecule has 0 radical (unpaired) electrons. The average Bonchev–Trinajstić information content (AvgIpc) is 2.78. The van der Waals surface area contributed by atoms with E-state index < -0.39 is 0 Å². The van der Waals surface area contributed by atoms with Crippen LogP contribution in [0.25, 0.3) is 10.2 Å². The molecule has 5 heteroatoms. The molecule has 2 aromatic carbocycles. The smallest absolute Gasteiger partial charge is 0.252 e. The summed E-state index contributed by atoms with van der Waals surface area (Å²) in [5.41, 5.74) is 5.69. The summed E-state index contributed by atoms with van der Waals surface area (Å²) in [6.45, 7) is 6.18. The van der Waals surface area contributed by atoms with Crippen molar-refractivity contribution in [2.24, 2.45) is 12.0 Å². The second-order valence-corrected chi connectivity index (χ2v) is 8.04. The lowest BCUT2D eigenvalue weighted by atomic mass is 9.97. The van der Waals surface area contributed by atoms with Crippen LogP contribution >= 0.6 is 27.3 Å². The van der Waals surface area contributed by atoms with Gasteiger partial charge in [0.05, 0.1) is 16.6 Å². The van der Waals surface area contributed by atoms with Crippen LogP contribution in [-0.4, -0.2) is 10.5 Å². The lowest BCUT2D eigenvalue weighted by molar-refractivity contribution is -0.117. The third-order valence-electron chi connectivity index (χ3n) is 4.16. The zero-order chi connectivity index (χ0) is 17.4. The summed E-state index contributed by atoms with van der Waals surface area (Å²) >= 11 is 5.02. The van der Waals surface area contributed by atoms with Crippen LogP contribution in [0, 0.1) is 20.8 Å². The van der Waals surface area contributed by atoms with E-state index in [4.69, 9.17) is 0 Å². The maximum absolute atomic E-state index is 12.5. The summed E-state index contributed by atoms with van der Waals surface area (Å²) in [7, 11) is 1.95. The molecule has 3 rings (SSSR count). The molecule has 1 aromatic heterocycles. The molecule has 124 valence electrons. The minimum atomic E-state index is -0.105. The fourth-order valence-electron chi connectivity index (χ4n) is 3.00. The molecule has 0 bridgehead atoms. The van der Waals surface area contributed by atoms with E-state index in [-0.39, 0.29) is 5.91 Å². The molecule has 0 fully saturated rings. The molecule has 0 aliphatic heterocycles. The minimum Gasteiger partial charge on any atom is -0.319 e. The fourth-order valence-corrected chi connectivity index (χ4v) is 4.59. The van der Waals surface area contributed by atoms with Crippen molar-refractivity contribution in [2.75, 3.05) is 0 Å². The molecule has 1 amide bonds. The monoisotopic (exact) mass is 402 g/mol. The largest absolute Gasteiger partial charge is 0.319 e. The lowest BCUT2D eigenvalue weighted by Crippen LogP contribution is -2.14. The van der Waals surface area contributed by atoms with Gasteiger partial charge in [-0.3, -0.25) is 4.79 Å². The minimum absolute atomic E-state index is 0.105. The second-order valence-electron chi connectivity index (χ2n) is 6.12. The summed E-state index contributed by atoms with van der Waals surface area (Å²) in [4.78, 5) is 17.6. The van der Waals surface area contributed by atoms with Crippen LogP contribution in [0.3, 0.4) is 0 Å². The Morgan fingerprint density at radius 3 is 2.50 bits per heavy atom. The number of thiazole rings is 1. The van der Waals surface area contributed by atoms with E-state index in [1.165, 1.54) is 16.9 Å². The van der Waals surface area contributed by atoms with Crippen molar-refractivity contribution >= 4 is 43.4 Å². The van der Waals surface area contributed by atoms with Crippen molar-refractivity contribution in [3.05, 3.63) is 61.9 Å². The SMILES string of the molecule is Cc1cc(C)c(CC(=O)N=c2sc3cc(Br)ccc3n2C)c(C)c1. The third kappa shape index (κ3) is 3.37. The molecular weight excluding hydrogens is 384 g/mol. The number of halogens is 1. The third-order valence-corrected chi connectivity index (χ3v) is 5.75. The van der Waals surface area contributed by atoms with Gasteiger partial charge in [0.25, 0.3) is 5.91 Å². The molecule has 0 aliphatic rings. The van der Waals surface area contributed by atoms with Gasteiger partial charge in [-0.05, 0) is 55.7 Å². The van der Waals surface area contributed by atoms with Gasteiger partial charge in [-0.25, -0.2) is 0 Å². The number of amides is 1. The quantitative estimate of drug-likeness (QED) is 0.616.